The molecule has 0 spiro atoms. The van der Waals surface area contributed by atoms with Crippen molar-refractivity contribution in [2.45, 2.75) is 57.6 Å². The molecule has 0 saturated heterocycles. The van der Waals surface area contributed by atoms with Gasteiger partial charge in [0, 0.05) is 0 Å². The molecule has 0 amide bonds. The van der Waals surface area contributed by atoms with Gasteiger partial charge in [-0.15, -0.1) is 0 Å². The molecule has 0 aliphatic heterocycles. The van der Waals surface area contributed by atoms with Gasteiger partial charge in [-0.2, -0.15) is 0 Å². The van der Waals surface area contributed by atoms with Crippen molar-refractivity contribution in [2.75, 3.05) is 19.8 Å². The summed E-state index contributed by atoms with van der Waals surface area (Å²) < 4.78 is 5.87. The SMILES string of the molecule is CCNC(C)(CO)COC1CCCCC1. The van der Waals surface area contributed by atoms with Gasteiger partial charge in [0.05, 0.1) is 24.9 Å². The second kappa shape index (κ2) is 6.46. The molecule has 15 heavy (non-hydrogen) atoms. The Morgan fingerprint density at radius 1 is 1.33 bits per heavy atom. The number of aliphatic hydroxyl groups is 1. The Kier molecular flexibility index (Phi) is 5.58. The number of likely N-dealkylation sites (N-methyl/N-ethyl adjacent to an activating group) is 1. The van der Waals surface area contributed by atoms with E-state index in [1.807, 2.05) is 6.92 Å². The highest BCUT2D eigenvalue weighted by molar-refractivity contribution is 4.82. The van der Waals surface area contributed by atoms with E-state index in [4.69, 9.17) is 4.74 Å². The Bertz CT molecular complexity index is 169. The highest BCUT2D eigenvalue weighted by Crippen LogP contribution is 2.21. The van der Waals surface area contributed by atoms with Gasteiger partial charge >= 0.3 is 0 Å². The van der Waals surface area contributed by atoms with Crippen LogP contribution >= 0.6 is 0 Å². The first kappa shape index (κ1) is 12.9. The van der Waals surface area contributed by atoms with Crippen LogP contribution in [-0.4, -0.2) is 36.5 Å². The third-order valence-corrected chi connectivity index (χ3v) is 3.14. The van der Waals surface area contributed by atoms with Gasteiger partial charge in [-0.3, -0.25) is 0 Å². The number of ether oxygens (including phenoxy) is 1. The molecule has 3 nitrogen and oxygen atoms in total. The second-order valence-corrected chi connectivity index (χ2v) is 4.82. The van der Waals surface area contributed by atoms with E-state index in [-0.39, 0.29) is 12.1 Å². The van der Waals surface area contributed by atoms with Crippen LogP contribution in [0, 0.1) is 0 Å². The molecular weight excluding hydrogens is 190 g/mol. The standard InChI is InChI=1S/C12H25NO2/c1-3-13-12(2,9-14)10-15-11-7-5-4-6-8-11/h11,13-14H,3-10H2,1-2H3. The Morgan fingerprint density at radius 3 is 2.53 bits per heavy atom. The van der Waals surface area contributed by atoms with E-state index in [9.17, 15) is 5.11 Å². The van der Waals surface area contributed by atoms with Crippen molar-refractivity contribution in [1.82, 2.24) is 5.32 Å². The molecule has 90 valence electrons. The van der Waals surface area contributed by atoms with Crippen LogP contribution in [0.2, 0.25) is 0 Å². The fourth-order valence-electron chi connectivity index (χ4n) is 2.11. The first-order chi connectivity index (χ1) is 7.20. The van der Waals surface area contributed by atoms with E-state index in [0.717, 1.165) is 6.54 Å². The quantitative estimate of drug-likeness (QED) is 0.708. The predicted molar refractivity (Wildman–Crippen MR) is 62.0 cm³/mol. The van der Waals surface area contributed by atoms with Gasteiger partial charge in [-0.25, -0.2) is 0 Å². The zero-order chi connectivity index (χ0) is 11.1. The summed E-state index contributed by atoms with van der Waals surface area (Å²) in [5, 5.41) is 12.6. The minimum Gasteiger partial charge on any atom is -0.394 e. The predicted octanol–water partition coefficient (Wildman–Crippen LogP) is 1.70. The lowest BCUT2D eigenvalue weighted by atomic mass is 9.97. The van der Waals surface area contributed by atoms with E-state index in [1.165, 1.54) is 32.1 Å². The Hall–Kier alpha value is -0.120. The third kappa shape index (κ3) is 4.49. The van der Waals surface area contributed by atoms with Crippen molar-refractivity contribution in [2.24, 2.45) is 0 Å². The average molecular weight is 215 g/mol. The minimum absolute atomic E-state index is 0.133. The molecule has 1 rings (SSSR count). The molecule has 1 atom stereocenters. The van der Waals surface area contributed by atoms with Crippen molar-refractivity contribution in [3.63, 3.8) is 0 Å². The number of rotatable bonds is 6. The third-order valence-electron chi connectivity index (χ3n) is 3.14. The molecule has 0 aromatic rings. The Labute approximate surface area is 93.2 Å². The normalized spacial score (nSPS) is 22.6. The Morgan fingerprint density at radius 2 is 2.00 bits per heavy atom. The second-order valence-electron chi connectivity index (χ2n) is 4.82. The van der Waals surface area contributed by atoms with E-state index < -0.39 is 0 Å². The van der Waals surface area contributed by atoms with E-state index in [0.29, 0.717) is 12.7 Å². The summed E-state index contributed by atoms with van der Waals surface area (Å²) in [5.74, 6) is 0. The average Bonchev–Trinajstić information content (AvgIpc) is 2.28. The molecule has 2 N–H and O–H groups in total. The maximum Gasteiger partial charge on any atom is 0.0671 e. The molecular formula is C12H25NO2. The molecule has 1 aliphatic carbocycles. The summed E-state index contributed by atoms with van der Waals surface area (Å²) in [4.78, 5) is 0. The van der Waals surface area contributed by atoms with Gasteiger partial charge < -0.3 is 15.2 Å². The molecule has 0 aromatic heterocycles. The summed E-state index contributed by atoms with van der Waals surface area (Å²) in [6, 6.07) is 0. The Balaban J connectivity index is 2.25. The van der Waals surface area contributed by atoms with Crippen molar-refractivity contribution >= 4 is 0 Å². The molecule has 0 aromatic carbocycles. The lowest BCUT2D eigenvalue weighted by Gasteiger charge is -2.31. The van der Waals surface area contributed by atoms with Crippen LogP contribution in [0.1, 0.15) is 46.0 Å². The smallest absolute Gasteiger partial charge is 0.0671 e. The van der Waals surface area contributed by atoms with Crippen LogP contribution in [0.5, 0.6) is 0 Å². The molecule has 1 fully saturated rings. The van der Waals surface area contributed by atoms with Gasteiger partial charge in [0.15, 0.2) is 0 Å². The zero-order valence-electron chi connectivity index (χ0n) is 10.1. The number of nitrogens with one attached hydrogen (secondary N) is 1. The largest absolute Gasteiger partial charge is 0.394 e. The van der Waals surface area contributed by atoms with Crippen LogP contribution in [0.3, 0.4) is 0 Å². The fraction of sp³-hybridized carbons (Fsp3) is 1.00. The summed E-state index contributed by atoms with van der Waals surface area (Å²) in [5.41, 5.74) is -0.272. The maximum absolute atomic E-state index is 9.30. The summed E-state index contributed by atoms with van der Waals surface area (Å²) in [6.45, 7) is 5.68. The first-order valence-corrected chi connectivity index (χ1v) is 6.17. The number of hydrogen-bond donors (Lipinski definition) is 2. The van der Waals surface area contributed by atoms with Gasteiger partial charge in [-0.1, -0.05) is 26.2 Å². The van der Waals surface area contributed by atoms with Gasteiger partial charge in [-0.05, 0) is 26.3 Å². The van der Waals surface area contributed by atoms with Crippen LogP contribution in [0.4, 0.5) is 0 Å². The van der Waals surface area contributed by atoms with Crippen molar-refractivity contribution in [1.29, 1.82) is 0 Å². The molecule has 0 bridgehead atoms. The molecule has 1 aliphatic rings. The van der Waals surface area contributed by atoms with Crippen LogP contribution in [0.25, 0.3) is 0 Å². The van der Waals surface area contributed by atoms with Crippen LogP contribution in [-0.2, 0) is 4.74 Å². The molecule has 3 heteroatoms. The summed E-state index contributed by atoms with van der Waals surface area (Å²) in [6.07, 6.45) is 6.73. The van der Waals surface area contributed by atoms with Crippen molar-refractivity contribution in [3.05, 3.63) is 0 Å². The minimum atomic E-state index is -0.272. The van der Waals surface area contributed by atoms with E-state index >= 15 is 0 Å². The zero-order valence-corrected chi connectivity index (χ0v) is 10.1. The highest BCUT2D eigenvalue weighted by atomic mass is 16.5. The molecule has 1 unspecified atom stereocenters. The molecule has 0 radical (unpaired) electrons. The lowest BCUT2D eigenvalue weighted by Crippen LogP contribution is -2.50. The van der Waals surface area contributed by atoms with E-state index in [1.54, 1.807) is 0 Å². The first-order valence-electron chi connectivity index (χ1n) is 6.17. The van der Waals surface area contributed by atoms with Crippen molar-refractivity contribution < 1.29 is 9.84 Å². The van der Waals surface area contributed by atoms with Gasteiger partial charge in [0.1, 0.15) is 0 Å². The number of hydrogen-bond acceptors (Lipinski definition) is 3. The molecule has 1 saturated carbocycles. The molecule has 0 heterocycles. The van der Waals surface area contributed by atoms with Crippen LogP contribution < -0.4 is 5.32 Å². The monoisotopic (exact) mass is 215 g/mol. The summed E-state index contributed by atoms with van der Waals surface area (Å²) in [7, 11) is 0. The fourth-order valence-corrected chi connectivity index (χ4v) is 2.11. The van der Waals surface area contributed by atoms with Crippen LogP contribution in [0.15, 0.2) is 0 Å². The van der Waals surface area contributed by atoms with Gasteiger partial charge in [0.25, 0.3) is 0 Å². The van der Waals surface area contributed by atoms with Crippen molar-refractivity contribution in [3.8, 4) is 0 Å². The summed E-state index contributed by atoms with van der Waals surface area (Å²) >= 11 is 0. The highest BCUT2D eigenvalue weighted by Gasteiger charge is 2.24. The maximum atomic E-state index is 9.30. The topological polar surface area (TPSA) is 41.5 Å². The number of aliphatic hydroxyl groups excluding tert-OH is 1. The van der Waals surface area contributed by atoms with Gasteiger partial charge in [0.2, 0.25) is 0 Å². The lowest BCUT2D eigenvalue weighted by molar-refractivity contribution is -0.0184. The van der Waals surface area contributed by atoms with E-state index in [2.05, 4.69) is 12.2 Å².